The van der Waals surface area contributed by atoms with E-state index in [1.165, 1.54) is 14.0 Å². The third-order valence-electron chi connectivity index (χ3n) is 2.53. The first-order valence-corrected chi connectivity index (χ1v) is 7.12. The molecule has 0 spiro atoms. The number of furan rings is 1. The highest BCUT2D eigenvalue weighted by molar-refractivity contribution is 7.89. The van der Waals surface area contributed by atoms with Crippen molar-refractivity contribution in [2.24, 2.45) is 0 Å². The Hall–Kier alpha value is -1.38. The summed E-state index contributed by atoms with van der Waals surface area (Å²) in [7, 11) is -2.36. The van der Waals surface area contributed by atoms with E-state index < -0.39 is 21.8 Å². The molecule has 0 aliphatic heterocycles. The molecular weight excluding hydrogens is 274 g/mol. The van der Waals surface area contributed by atoms with Crippen molar-refractivity contribution >= 4 is 16.0 Å². The van der Waals surface area contributed by atoms with E-state index in [2.05, 4.69) is 0 Å². The van der Waals surface area contributed by atoms with Crippen molar-refractivity contribution in [3.05, 3.63) is 17.6 Å². The fourth-order valence-corrected chi connectivity index (χ4v) is 2.76. The van der Waals surface area contributed by atoms with Crippen LogP contribution in [0.5, 0.6) is 0 Å². The molecule has 1 aromatic rings. The molecule has 0 saturated heterocycles. The molecule has 0 saturated carbocycles. The Labute approximate surface area is 111 Å². The first kappa shape index (κ1) is 15.7. The van der Waals surface area contributed by atoms with Gasteiger partial charge in [-0.3, -0.25) is 0 Å². The van der Waals surface area contributed by atoms with Crippen LogP contribution in [0.1, 0.15) is 23.2 Å². The summed E-state index contributed by atoms with van der Waals surface area (Å²) in [6, 6.07) is 1.02. The number of carboxylic acids is 1. The Kier molecular flexibility index (Phi) is 5.10. The summed E-state index contributed by atoms with van der Waals surface area (Å²) in [6.07, 6.45) is 0. The maximum atomic E-state index is 12.2. The summed E-state index contributed by atoms with van der Waals surface area (Å²) in [5.74, 6) is -1.64. The van der Waals surface area contributed by atoms with Gasteiger partial charge < -0.3 is 14.3 Å². The van der Waals surface area contributed by atoms with Gasteiger partial charge >= 0.3 is 5.97 Å². The molecule has 1 rings (SSSR count). The van der Waals surface area contributed by atoms with Crippen LogP contribution < -0.4 is 0 Å². The van der Waals surface area contributed by atoms with Crippen molar-refractivity contribution in [2.75, 3.05) is 26.8 Å². The quantitative estimate of drug-likeness (QED) is 0.751. The van der Waals surface area contributed by atoms with Gasteiger partial charge in [0.15, 0.2) is 0 Å². The SMILES string of the molecule is CCOCCN(C)S(=O)(=O)c1cc(C(=O)O)oc1C. The lowest BCUT2D eigenvalue weighted by atomic mass is 10.4. The predicted molar refractivity (Wildman–Crippen MR) is 66.7 cm³/mol. The van der Waals surface area contributed by atoms with Gasteiger partial charge in [0.05, 0.1) is 6.61 Å². The normalized spacial score (nSPS) is 12.0. The molecule has 19 heavy (non-hydrogen) atoms. The standard InChI is InChI=1S/C11H17NO6S/c1-4-17-6-5-12(3)19(15,16)10-7-9(11(13)14)18-8(10)2/h7H,4-6H2,1-3H3,(H,13,14). The number of rotatable bonds is 7. The minimum Gasteiger partial charge on any atom is -0.475 e. The van der Waals surface area contributed by atoms with E-state index in [4.69, 9.17) is 14.3 Å². The minimum absolute atomic E-state index is 0.0562. The molecule has 1 aromatic heterocycles. The first-order valence-electron chi connectivity index (χ1n) is 5.68. The van der Waals surface area contributed by atoms with Crippen LogP contribution in [-0.2, 0) is 14.8 Å². The summed E-state index contributed by atoms with van der Waals surface area (Å²) in [5, 5.41) is 8.78. The number of aromatic carboxylic acids is 1. The molecule has 0 fully saturated rings. The van der Waals surface area contributed by atoms with Gasteiger partial charge in [-0.25, -0.2) is 13.2 Å². The second kappa shape index (κ2) is 6.18. The summed E-state index contributed by atoms with van der Waals surface area (Å²) in [6.45, 7) is 4.18. The molecule has 1 heterocycles. The van der Waals surface area contributed by atoms with Crippen LogP contribution in [0.4, 0.5) is 0 Å². The Morgan fingerprint density at radius 2 is 2.16 bits per heavy atom. The summed E-state index contributed by atoms with van der Waals surface area (Å²) < 4.78 is 35.5. The van der Waals surface area contributed by atoms with E-state index in [1.807, 2.05) is 6.92 Å². The van der Waals surface area contributed by atoms with Gasteiger partial charge in [-0.1, -0.05) is 0 Å². The lowest BCUT2D eigenvalue weighted by Crippen LogP contribution is -2.30. The van der Waals surface area contributed by atoms with Crippen molar-refractivity contribution in [3.63, 3.8) is 0 Å². The zero-order valence-electron chi connectivity index (χ0n) is 11.0. The van der Waals surface area contributed by atoms with E-state index in [9.17, 15) is 13.2 Å². The van der Waals surface area contributed by atoms with E-state index in [-0.39, 0.29) is 23.8 Å². The molecule has 0 atom stereocenters. The van der Waals surface area contributed by atoms with Crippen LogP contribution in [0, 0.1) is 6.92 Å². The van der Waals surface area contributed by atoms with Gasteiger partial charge in [0.1, 0.15) is 10.7 Å². The highest BCUT2D eigenvalue weighted by Crippen LogP contribution is 2.22. The highest BCUT2D eigenvalue weighted by atomic mass is 32.2. The maximum Gasteiger partial charge on any atom is 0.371 e. The number of aryl methyl sites for hydroxylation is 1. The second-order valence-electron chi connectivity index (χ2n) is 3.86. The maximum absolute atomic E-state index is 12.2. The number of nitrogens with zero attached hydrogens (tertiary/aromatic N) is 1. The fourth-order valence-electron chi connectivity index (χ4n) is 1.45. The zero-order valence-corrected chi connectivity index (χ0v) is 11.9. The van der Waals surface area contributed by atoms with Gasteiger partial charge in [-0.05, 0) is 13.8 Å². The van der Waals surface area contributed by atoms with Crippen molar-refractivity contribution in [1.29, 1.82) is 0 Å². The van der Waals surface area contributed by atoms with Gasteiger partial charge in [0, 0.05) is 26.3 Å². The predicted octanol–water partition coefficient (Wildman–Crippen LogP) is 0.943. The topological polar surface area (TPSA) is 97.0 Å². The van der Waals surface area contributed by atoms with E-state index in [0.717, 1.165) is 10.4 Å². The molecule has 108 valence electrons. The number of carbonyl (C=O) groups is 1. The van der Waals surface area contributed by atoms with Gasteiger partial charge in [0.2, 0.25) is 15.8 Å². The van der Waals surface area contributed by atoms with E-state index in [0.29, 0.717) is 6.61 Å². The third-order valence-corrected chi connectivity index (χ3v) is 4.49. The van der Waals surface area contributed by atoms with E-state index >= 15 is 0 Å². The van der Waals surface area contributed by atoms with Gasteiger partial charge in [-0.15, -0.1) is 0 Å². The van der Waals surface area contributed by atoms with Crippen molar-refractivity contribution in [1.82, 2.24) is 4.31 Å². The molecule has 0 bridgehead atoms. The van der Waals surface area contributed by atoms with Crippen LogP contribution in [0.15, 0.2) is 15.4 Å². The molecule has 0 aliphatic rings. The molecule has 8 heteroatoms. The minimum atomic E-state index is -3.77. The number of hydrogen-bond acceptors (Lipinski definition) is 5. The molecule has 0 amide bonds. The van der Waals surface area contributed by atoms with Crippen LogP contribution in [0.3, 0.4) is 0 Å². The summed E-state index contributed by atoms with van der Waals surface area (Å²) in [5.41, 5.74) is 0. The van der Waals surface area contributed by atoms with Crippen LogP contribution in [0.25, 0.3) is 0 Å². The van der Waals surface area contributed by atoms with Crippen molar-refractivity contribution < 1.29 is 27.5 Å². The Bertz CT molecular complexity index is 548. The lowest BCUT2D eigenvalue weighted by molar-refractivity contribution is 0.0661. The molecule has 0 unspecified atom stereocenters. The third kappa shape index (κ3) is 3.55. The lowest BCUT2D eigenvalue weighted by Gasteiger charge is -2.16. The Morgan fingerprint density at radius 1 is 1.53 bits per heavy atom. The zero-order chi connectivity index (χ0) is 14.6. The van der Waals surface area contributed by atoms with Crippen LogP contribution in [0.2, 0.25) is 0 Å². The highest BCUT2D eigenvalue weighted by Gasteiger charge is 2.27. The summed E-state index contributed by atoms with van der Waals surface area (Å²) in [4.78, 5) is 10.6. The fraction of sp³-hybridized carbons (Fsp3) is 0.545. The van der Waals surface area contributed by atoms with Crippen molar-refractivity contribution in [2.45, 2.75) is 18.7 Å². The average molecular weight is 291 g/mol. The molecule has 0 radical (unpaired) electrons. The number of sulfonamides is 1. The number of carboxylic acid groups (broad SMARTS) is 1. The molecule has 0 aromatic carbocycles. The number of likely N-dealkylation sites (N-methyl/N-ethyl adjacent to an activating group) is 1. The number of hydrogen-bond donors (Lipinski definition) is 1. The molecule has 1 N–H and O–H groups in total. The largest absolute Gasteiger partial charge is 0.475 e. The molecule has 0 aliphatic carbocycles. The average Bonchev–Trinajstić information content (AvgIpc) is 2.72. The van der Waals surface area contributed by atoms with Crippen molar-refractivity contribution in [3.8, 4) is 0 Å². The van der Waals surface area contributed by atoms with Gasteiger partial charge in [-0.2, -0.15) is 4.31 Å². The Balaban J connectivity index is 2.96. The summed E-state index contributed by atoms with van der Waals surface area (Å²) >= 11 is 0. The van der Waals surface area contributed by atoms with E-state index in [1.54, 1.807) is 0 Å². The smallest absolute Gasteiger partial charge is 0.371 e. The Morgan fingerprint density at radius 3 is 2.63 bits per heavy atom. The molecular formula is C11H17NO6S. The second-order valence-corrected chi connectivity index (χ2v) is 5.87. The van der Waals surface area contributed by atoms with Gasteiger partial charge in [0.25, 0.3) is 0 Å². The van der Waals surface area contributed by atoms with Crippen LogP contribution in [-0.4, -0.2) is 50.6 Å². The first-order chi connectivity index (χ1) is 8.80. The monoisotopic (exact) mass is 291 g/mol. The molecule has 7 nitrogen and oxygen atoms in total. The van der Waals surface area contributed by atoms with Crippen LogP contribution >= 0.6 is 0 Å². The number of ether oxygens (including phenoxy) is 1.